The molecule has 2 aliphatic heterocycles. The molecule has 2 aliphatic rings. The van der Waals surface area contributed by atoms with Gasteiger partial charge in [0, 0.05) is 16.5 Å². The Labute approximate surface area is 210 Å². The summed E-state index contributed by atoms with van der Waals surface area (Å²) < 4.78 is 1.27. The number of amides is 2. The Morgan fingerprint density at radius 1 is 1.31 bits per heavy atom. The Kier molecular flexibility index (Phi) is 6.35. The van der Waals surface area contributed by atoms with Crippen LogP contribution in [0.5, 0.6) is 0 Å². The van der Waals surface area contributed by atoms with Crippen LogP contribution in [0.3, 0.4) is 0 Å². The SMILES string of the molecule is O=C(O)C1=C(CSc2ccc3nnnn3n2)CS[C@H]2C(NC(=O)C(O)c3cccc(Cl)c3)C(=O)N12. The van der Waals surface area contributed by atoms with Crippen molar-refractivity contribution >= 4 is 58.6 Å². The topological polar surface area (TPSA) is 163 Å². The molecule has 1 fully saturated rings. The lowest BCUT2D eigenvalue weighted by atomic mass is 10.0. The van der Waals surface area contributed by atoms with Gasteiger partial charge >= 0.3 is 5.97 Å². The molecule has 3 atom stereocenters. The quantitative estimate of drug-likeness (QED) is 0.290. The van der Waals surface area contributed by atoms with E-state index >= 15 is 0 Å². The number of hydrogen-bond donors (Lipinski definition) is 3. The maximum Gasteiger partial charge on any atom is 0.352 e. The molecular formula is C20H16ClN7O5S2. The first-order valence-corrected chi connectivity index (χ1v) is 12.6. The van der Waals surface area contributed by atoms with Crippen molar-refractivity contribution in [3.63, 3.8) is 0 Å². The maximum atomic E-state index is 12.8. The van der Waals surface area contributed by atoms with E-state index in [-0.39, 0.29) is 17.0 Å². The molecule has 5 rings (SSSR count). The molecule has 0 aliphatic carbocycles. The van der Waals surface area contributed by atoms with Gasteiger partial charge in [-0.05, 0) is 45.8 Å². The van der Waals surface area contributed by atoms with Crippen molar-refractivity contribution in [2.24, 2.45) is 0 Å². The Hall–Kier alpha value is -3.20. The van der Waals surface area contributed by atoms with E-state index in [2.05, 4.69) is 25.9 Å². The van der Waals surface area contributed by atoms with Crippen LogP contribution in [-0.4, -0.2) is 81.1 Å². The summed E-state index contributed by atoms with van der Waals surface area (Å²) in [5.74, 6) is -1.92. The molecule has 0 saturated carbocycles. The molecule has 3 N–H and O–H groups in total. The van der Waals surface area contributed by atoms with E-state index in [9.17, 15) is 24.6 Å². The number of aliphatic carboxylic acids is 1. The monoisotopic (exact) mass is 533 g/mol. The van der Waals surface area contributed by atoms with Crippen LogP contribution in [0.4, 0.5) is 0 Å². The van der Waals surface area contributed by atoms with Crippen molar-refractivity contribution in [1.82, 2.24) is 35.5 Å². The third-order valence-electron chi connectivity index (χ3n) is 5.40. The fourth-order valence-electron chi connectivity index (χ4n) is 3.73. The van der Waals surface area contributed by atoms with Crippen LogP contribution < -0.4 is 5.32 Å². The third kappa shape index (κ3) is 4.45. The maximum absolute atomic E-state index is 12.8. The Balaban J connectivity index is 1.28. The van der Waals surface area contributed by atoms with Gasteiger partial charge in [0.25, 0.3) is 11.8 Å². The third-order valence-corrected chi connectivity index (χ3v) is 7.98. The Bertz CT molecular complexity index is 1380. The molecule has 0 radical (unpaired) electrons. The largest absolute Gasteiger partial charge is 0.477 e. The van der Waals surface area contributed by atoms with Gasteiger partial charge in [0.2, 0.25) is 0 Å². The van der Waals surface area contributed by atoms with Crippen LogP contribution >= 0.6 is 35.1 Å². The number of carboxylic acid groups (broad SMARTS) is 1. The zero-order valence-electron chi connectivity index (χ0n) is 17.6. The number of aliphatic hydroxyl groups is 1. The van der Waals surface area contributed by atoms with Gasteiger partial charge < -0.3 is 15.5 Å². The highest BCUT2D eigenvalue weighted by Gasteiger charge is 2.54. The van der Waals surface area contributed by atoms with Gasteiger partial charge in [0.05, 0.1) is 0 Å². The molecular weight excluding hydrogens is 518 g/mol. The summed E-state index contributed by atoms with van der Waals surface area (Å²) in [5, 5.41) is 38.4. The molecule has 180 valence electrons. The number of nitrogens with one attached hydrogen (secondary N) is 1. The van der Waals surface area contributed by atoms with E-state index in [1.807, 2.05) is 0 Å². The highest BCUT2D eigenvalue weighted by atomic mass is 35.5. The minimum absolute atomic E-state index is 0.101. The van der Waals surface area contributed by atoms with E-state index in [1.165, 1.54) is 39.1 Å². The molecule has 1 saturated heterocycles. The van der Waals surface area contributed by atoms with Crippen LogP contribution in [0.1, 0.15) is 11.7 Å². The van der Waals surface area contributed by atoms with Gasteiger partial charge in [-0.2, -0.15) is 0 Å². The second kappa shape index (κ2) is 9.45. The van der Waals surface area contributed by atoms with Gasteiger partial charge in [-0.25, -0.2) is 4.79 Å². The smallest absolute Gasteiger partial charge is 0.352 e. The lowest BCUT2D eigenvalue weighted by Crippen LogP contribution is -2.70. The highest BCUT2D eigenvalue weighted by Crippen LogP contribution is 2.41. The van der Waals surface area contributed by atoms with E-state index in [1.54, 1.807) is 30.3 Å². The first-order valence-electron chi connectivity index (χ1n) is 10.2. The second-order valence-electron chi connectivity index (χ2n) is 7.60. The second-order valence-corrected chi connectivity index (χ2v) is 10.1. The number of carbonyl (C=O) groups is 3. The van der Waals surface area contributed by atoms with Crippen molar-refractivity contribution in [3.8, 4) is 0 Å². The molecule has 2 aromatic heterocycles. The number of benzene rings is 1. The number of aromatic nitrogens is 5. The zero-order chi connectivity index (χ0) is 24.7. The molecule has 3 aromatic rings. The summed E-state index contributed by atoms with van der Waals surface area (Å²) in [6.07, 6.45) is -1.52. The van der Waals surface area contributed by atoms with Crippen molar-refractivity contribution in [1.29, 1.82) is 0 Å². The number of carboxylic acids is 1. The van der Waals surface area contributed by atoms with E-state index in [4.69, 9.17) is 11.6 Å². The van der Waals surface area contributed by atoms with Crippen molar-refractivity contribution in [2.75, 3.05) is 11.5 Å². The van der Waals surface area contributed by atoms with Crippen LogP contribution in [0.15, 0.2) is 52.7 Å². The molecule has 1 aromatic carbocycles. The van der Waals surface area contributed by atoms with Gasteiger partial charge in [-0.1, -0.05) is 23.7 Å². The number of nitrogens with zero attached hydrogens (tertiary/aromatic N) is 6. The minimum atomic E-state index is -1.52. The molecule has 15 heteroatoms. The lowest BCUT2D eigenvalue weighted by Gasteiger charge is -2.49. The first kappa shape index (κ1) is 23.5. The number of thioether (sulfide) groups is 2. The van der Waals surface area contributed by atoms with Crippen molar-refractivity contribution in [2.45, 2.75) is 22.5 Å². The van der Waals surface area contributed by atoms with Crippen LogP contribution in [-0.2, 0) is 14.4 Å². The summed E-state index contributed by atoms with van der Waals surface area (Å²) in [5.41, 5.74) is 1.22. The zero-order valence-corrected chi connectivity index (χ0v) is 20.0. The van der Waals surface area contributed by atoms with Crippen molar-refractivity contribution < 1.29 is 24.6 Å². The fourth-order valence-corrected chi connectivity index (χ4v) is 6.26. The number of aliphatic hydroxyl groups excluding tert-OH is 1. The van der Waals surface area contributed by atoms with Gasteiger partial charge in [-0.15, -0.1) is 38.4 Å². The number of hydrogen-bond acceptors (Lipinski definition) is 10. The minimum Gasteiger partial charge on any atom is -0.477 e. The Morgan fingerprint density at radius 3 is 2.91 bits per heavy atom. The average Bonchev–Trinajstić information content (AvgIpc) is 3.32. The number of tetrazole rings is 1. The summed E-state index contributed by atoms with van der Waals surface area (Å²) >= 11 is 8.55. The molecule has 0 bridgehead atoms. The molecule has 12 nitrogen and oxygen atoms in total. The van der Waals surface area contributed by atoms with E-state index < -0.39 is 35.3 Å². The average molecular weight is 534 g/mol. The van der Waals surface area contributed by atoms with Crippen LogP contribution in [0, 0.1) is 0 Å². The van der Waals surface area contributed by atoms with Crippen molar-refractivity contribution in [3.05, 3.63) is 58.3 Å². The highest BCUT2D eigenvalue weighted by molar-refractivity contribution is 8.01. The van der Waals surface area contributed by atoms with Gasteiger partial charge in [0.15, 0.2) is 11.8 Å². The number of fused-ring (bicyclic) bond motifs is 2. The first-order chi connectivity index (χ1) is 16.8. The summed E-state index contributed by atoms with van der Waals surface area (Å²) in [6, 6.07) is 8.67. The summed E-state index contributed by atoms with van der Waals surface area (Å²) in [7, 11) is 0. The predicted octanol–water partition coefficient (Wildman–Crippen LogP) is 0.737. The van der Waals surface area contributed by atoms with Crippen LogP contribution in [0.2, 0.25) is 5.02 Å². The van der Waals surface area contributed by atoms with E-state index in [0.717, 1.165) is 0 Å². The standard InChI is InChI=1S/C20H16ClN7O5S2/c21-11-3-1-2-9(6-11)16(29)17(30)22-14-18(31)27-15(20(32)33)10(8-35-19(14)27)7-34-13-5-4-12-23-25-26-28(12)24-13/h1-6,14,16,19,29H,7-8H2,(H,22,30)(H,32,33)/t14?,16?,19-/m0/s1. The number of β-lactam (4-membered cyclic amide) rings is 1. The normalized spacial score (nSPS) is 20.4. The number of halogens is 1. The molecule has 2 unspecified atom stereocenters. The molecule has 35 heavy (non-hydrogen) atoms. The predicted molar refractivity (Wildman–Crippen MR) is 125 cm³/mol. The van der Waals surface area contributed by atoms with Crippen LogP contribution in [0.25, 0.3) is 5.65 Å². The molecule has 0 spiro atoms. The lowest BCUT2D eigenvalue weighted by molar-refractivity contribution is -0.151. The van der Waals surface area contributed by atoms with E-state index in [0.29, 0.717) is 27.0 Å². The molecule has 2 amide bonds. The fraction of sp³-hybridized carbons (Fsp3) is 0.250. The summed E-state index contributed by atoms with van der Waals surface area (Å²) in [4.78, 5) is 38.6. The molecule has 4 heterocycles. The van der Waals surface area contributed by atoms with Gasteiger partial charge in [0.1, 0.15) is 22.1 Å². The number of carbonyl (C=O) groups excluding carboxylic acids is 2. The van der Waals surface area contributed by atoms with Gasteiger partial charge in [-0.3, -0.25) is 14.5 Å². The number of rotatable bonds is 7. The Morgan fingerprint density at radius 2 is 2.14 bits per heavy atom. The summed E-state index contributed by atoms with van der Waals surface area (Å²) in [6.45, 7) is 0.